The maximum absolute atomic E-state index is 12.2. The first-order valence-corrected chi connectivity index (χ1v) is 7.49. The van der Waals surface area contributed by atoms with Crippen LogP contribution < -0.4 is 0 Å². The summed E-state index contributed by atoms with van der Waals surface area (Å²) in [6, 6.07) is -1.10. The highest BCUT2D eigenvalue weighted by Crippen LogP contribution is 2.19. The molecular formula is C14H21N3O5. The lowest BCUT2D eigenvalue weighted by Crippen LogP contribution is -2.48. The Morgan fingerprint density at radius 3 is 2.59 bits per heavy atom. The number of likely N-dealkylation sites (N-methyl/N-ethyl adjacent to an activating group) is 1. The number of likely N-dealkylation sites (tertiary alicyclic amines) is 1. The molecule has 0 aromatic rings. The number of amides is 4. The molecule has 2 fully saturated rings. The molecule has 0 spiro atoms. The maximum Gasteiger partial charge on any atom is 0.326 e. The van der Waals surface area contributed by atoms with Gasteiger partial charge < -0.3 is 14.9 Å². The highest BCUT2D eigenvalue weighted by molar-refractivity contribution is 6.01. The molecule has 2 rings (SSSR count). The first-order chi connectivity index (χ1) is 10.4. The largest absolute Gasteiger partial charge is 0.480 e. The van der Waals surface area contributed by atoms with Gasteiger partial charge in [0.1, 0.15) is 12.6 Å². The first kappa shape index (κ1) is 16.3. The zero-order valence-electron chi connectivity index (χ0n) is 12.7. The summed E-state index contributed by atoms with van der Waals surface area (Å²) in [4.78, 5) is 50.5. The van der Waals surface area contributed by atoms with E-state index < -0.39 is 12.0 Å². The fraction of sp³-hybridized carbons (Fsp3) is 0.714. The number of hydrogen-bond acceptors (Lipinski definition) is 4. The van der Waals surface area contributed by atoms with Crippen molar-refractivity contribution >= 4 is 23.8 Å². The van der Waals surface area contributed by atoms with Gasteiger partial charge in [-0.05, 0) is 25.7 Å². The van der Waals surface area contributed by atoms with E-state index in [1.54, 1.807) is 7.05 Å². The Morgan fingerprint density at radius 1 is 1.27 bits per heavy atom. The van der Waals surface area contributed by atoms with E-state index >= 15 is 0 Å². The van der Waals surface area contributed by atoms with Gasteiger partial charge in [0, 0.05) is 26.6 Å². The Balaban J connectivity index is 1.83. The third kappa shape index (κ3) is 3.37. The van der Waals surface area contributed by atoms with E-state index in [1.165, 1.54) is 9.80 Å². The van der Waals surface area contributed by atoms with Crippen LogP contribution in [-0.4, -0.2) is 76.3 Å². The van der Waals surface area contributed by atoms with E-state index in [0.717, 1.165) is 17.7 Å². The van der Waals surface area contributed by atoms with Crippen LogP contribution in [0.1, 0.15) is 32.1 Å². The van der Waals surface area contributed by atoms with Crippen molar-refractivity contribution in [1.29, 1.82) is 0 Å². The fourth-order valence-electron chi connectivity index (χ4n) is 2.91. The van der Waals surface area contributed by atoms with Crippen LogP contribution in [0.4, 0.5) is 4.79 Å². The third-order valence-electron chi connectivity index (χ3n) is 4.11. The van der Waals surface area contributed by atoms with Gasteiger partial charge in [-0.15, -0.1) is 0 Å². The van der Waals surface area contributed by atoms with Crippen LogP contribution in [0, 0.1) is 0 Å². The smallest absolute Gasteiger partial charge is 0.326 e. The van der Waals surface area contributed by atoms with E-state index in [4.69, 9.17) is 5.11 Å². The Morgan fingerprint density at radius 2 is 2.00 bits per heavy atom. The van der Waals surface area contributed by atoms with Gasteiger partial charge in [-0.3, -0.25) is 14.5 Å². The zero-order chi connectivity index (χ0) is 16.3. The minimum atomic E-state index is -0.973. The Labute approximate surface area is 128 Å². The predicted molar refractivity (Wildman–Crippen MR) is 76.0 cm³/mol. The second-order valence-corrected chi connectivity index (χ2v) is 5.72. The molecule has 0 aromatic carbocycles. The fourth-order valence-corrected chi connectivity index (χ4v) is 2.91. The number of carbonyl (C=O) groups excluding carboxylic acids is 3. The summed E-state index contributed by atoms with van der Waals surface area (Å²) < 4.78 is 0. The molecular weight excluding hydrogens is 290 g/mol. The normalized spacial score (nSPS) is 22.4. The molecule has 2 aliphatic heterocycles. The van der Waals surface area contributed by atoms with Crippen LogP contribution >= 0.6 is 0 Å². The van der Waals surface area contributed by atoms with Crippen molar-refractivity contribution in [2.45, 2.75) is 38.1 Å². The standard InChI is InChI=1S/C14H21N3O5/c1-15-9-12(19)17(14(15)22)8-4-6-11(18)16-7-3-2-5-10(16)13(20)21/h10H,2-9H2,1H3,(H,20,21). The highest BCUT2D eigenvalue weighted by atomic mass is 16.4. The summed E-state index contributed by atoms with van der Waals surface area (Å²) in [5.74, 6) is -1.46. The summed E-state index contributed by atoms with van der Waals surface area (Å²) in [6.45, 7) is 0.722. The summed E-state index contributed by atoms with van der Waals surface area (Å²) in [5.41, 5.74) is 0. The Bertz CT molecular complexity index is 493. The lowest BCUT2D eigenvalue weighted by Gasteiger charge is -2.33. The quantitative estimate of drug-likeness (QED) is 0.728. The van der Waals surface area contributed by atoms with Crippen LogP contribution in [0.2, 0.25) is 0 Å². The number of carbonyl (C=O) groups is 4. The summed E-state index contributed by atoms with van der Waals surface area (Å²) >= 11 is 0. The van der Waals surface area contributed by atoms with Crippen molar-refractivity contribution < 1.29 is 24.3 Å². The number of aliphatic carboxylic acids is 1. The van der Waals surface area contributed by atoms with Crippen molar-refractivity contribution in [2.75, 3.05) is 26.7 Å². The van der Waals surface area contributed by atoms with Gasteiger partial charge in [-0.1, -0.05) is 0 Å². The zero-order valence-corrected chi connectivity index (χ0v) is 12.7. The highest BCUT2D eigenvalue weighted by Gasteiger charge is 2.34. The van der Waals surface area contributed by atoms with E-state index in [9.17, 15) is 19.2 Å². The van der Waals surface area contributed by atoms with Gasteiger partial charge in [-0.25, -0.2) is 9.59 Å². The van der Waals surface area contributed by atoms with Gasteiger partial charge in [0.2, 0.25) is 11.8 Å². The average Bonchev–Trinajstić information content (AvgIpc) is 2.73. The Hall–Kier alpha value is -2.12. The third-order valence-corrected chi connectivity index (χ3v) is 4.11. The first-order valence-electron chi connectivity index (χ1n) is 7.49. The van der Waals surface area contributed by atoms with Crippen LogP contribution in [0.3, 0.4) is 0 Å². The van der Waals surface area contributed by atoms with Crippen LogP contribution in [0.25, 0.3) is 0 Å². The van der Waals surface area contributed by atoms with Gasteiger partial charge in [0.05, 0.1) is 0 Å². The van der Waals surface area contributed by atoms with Crippen LogP contribution in [0.5, 0.6) is 0 Å². The monoisotopic (exact) mass is 311 g/mol. The van der Waals surface area contributed by atoms with E-state index in [1.807, 2.05) is 0 Å². The average molecular weight is 311 g/mol. The molecule has 0 aromatic heterocycles. The van der Waals surface area contributed by atoms with Crippen LogP contribution in [-0.2, 0) is 14.4 Å². The maximum atomic E-state index is 12.2. The minimum absolute atomic E-state index is 0.0694. The van der Waals surface area contributed by atoms with Crippen molar-refractivity contribution in [1.82, 2.24) is 14.7 Å². The number of carboxylic acids is 1. The molecule has 0 radical (unpaired) electrons. The summed E-state index contributed by atoms with van der Waals surface area (Å²) in [6.07, 6.45) is 2.60. The second kappa shape index (κ2) is 6.76. The molecule has 1 atom stereocenters. The van der Waals surface area contributed by atoms with E-state index in [-0.39, 0.29) is 37.4 Å². The molecule has 8 nitrogen and oxygen atoms in total. The number of rotatable bonds is 5. The number of piperidine rings is 1. The molecule has 122 valence electrons. The van der Waals surface area contributed by atoms with E-state index in [0.29, 0.717) is 19.4 Å². The molecule has 0 aliphatic carbocycles. The molecule has 4 amide bonds. The Kier molecular flexibility index (Phi) is 4.99. The number of carboxylic acid groups (broad SMARTS) is 1. The van der Waals surface area contributed by atoms with Crippen LogP contribution in [0.15, 0.2) is 0 Å². The topological polar surface area (TPSA) is 98.2 Å². The van der Waals surface area contributed by atoms with Crippen molar-refractivity contribution in [2.24, 2.45) is 0 Å². The molecule has 8 heteroatoms. The van der Waals surface area contributed by atoms with Gasteiger partial charge >= 0.3 is 12.0 Å². The van der Waals surface area contributed by atoms with Crippen molar-refractivity contribution in [3.05, 3.63) is 0 Å². The van der Waals surface area contributed by atoms with Gasteiger partial charge in [0.15, 0.2) is 0 Å². The van der Waals surface area contributed by atoms with Gasteiger partial charge in [-0.2, -0.15) is 0 Å². The number of nitrogens with zero attached hydrogens (tertiary/aromatic N) is 3. The number of urea groups is 1. The number of imide groups is 1. The summed E-state index contributed by atoms with van der Waals surface area (Å²) in [5, 5.41) is 9.16. The molecule has 0 bridgehead atoms. The molecule has 1 unspecified atom stereocenters. The SMILES string of the molecule is CN1CC(=O)N(CCCC(=O)N2CCCCC2C(=O)O)C1=O. The molecule has 0 saturated carbocycles. The van der Waals surface area contributed by atoms with Crippen molar-refractivity contribution in [3.8, 4) is 0 Å². The molecule has 2 aliphatic rings. The molecule has 2 heterocycles. The number of hydrogen-bond donors (Lipinski definition) is 1. The van der Waals surface area contributed by atoms with Gasteiger partial charge in [0.25, 0.3) is 0 Å². The summed E-state index contributed by atoms with van der Waals surface area (Å²) in [7, 11) is 1.55. The predicted octanol–water partition coefficient (Wildman–Crippen LogP) is 0.126. The van der Waals surface area contributed by atoms with E-state index in [2.05, 4.69) is 0 Å². The molecule has 1 N–H and O–H groups in total. The lowest BCUT2D eigenvalue weighted by atomic mass is 10.0. The van der Waals surface area contributed by atoms with Crippen molar-refractivity contribution in [3.63, 3.8) is 0 Å². The lowest BCUT2D eigenvalue weighted by molar-refractivity contribution is -0.152. The second-order valence-electron chi connectivity index (χ2n) is 5.72. The minimum Gasteiger partial charge on any atom is -0.480 e. The molecule has 2 saturated heterocycles. The molecule has 22 heavy (non-hydrogen) atoms.